The molecule has 1 fully saturated rings. The van der Waals surface area contributed by atoms with Crippen LogP contribution in [-0.4, -0.2) is 28.1 Å². The Morgan fingerprint density at radius 1 is 1.30 bits per heavy atom. The number of carboxylic acids is 1. The molecule has 0 aromatic heterocycles. The fourth-order valence-corrected chi connectivity index (χ4v) is 4.02. The van der Waals surface area contributed by atoms with Crippen LogP contribution in [0.4, 0.5) is 0 Å². The molecule has 1 aromatic rings. The van der Waals surface area contributed by atoms with Crippen molar-refractivity contribution in [2.24, 2.45) is 5.41 Å². The Bertz CT molecular complexity index is 523. The summed E-state index contributed by atoms with van der Waals surface area (Å²) in [5, 5.41) is 9.62. The summed E-state index contributed by atoms with van der Waals surface area (Å²) in [6, 6.07) is 8.29. The summed E-state index contributed by atoms with van der Waals surface area (Å²) in [6.45, 7) is 5.34. The van der Waals surface area contributed by atoms with Crippen LogP contribution < -0.4 is 0 Å². The third-order valence-electron chi connectivity index (χ3n) is 5.17. The number of fused-ring (bicyclic) bond motifs is 1. The van der Waals surface area contributed by atoms with Gasteiger partial charge in [0.2, 0.25) is 0 Å². The molecule has 0 amide bonds. The van der Waals surface area contributed by atoms with E-state index in [1.54, 1.807) is 0 Å². The average molecular weight is 273 g/mol. The summed E-state index contributed by atoms with van der Waals surface area (Å²) < 4.78 is 0. The van der Waals surface area contributed by atoms with E-state index in [1.807, 2.05) is 6.07 Å². The van der Waals surface area contributed by atoms with E-state index in [-0.39, 0.29) is 11.5 Å². The molecule has 1 N–H and O–H groups in total. The fraction of sp³-hybridized carbons (Fsp3) is 0.588. The van der Waals surface area contributed by atoms with Crippen LogP contribution in [0.2, 0.25) is 0 Å². The molecule has 108 valence electrons. The number of carboxylic acid groups (broad SMARTS) is 1. The van der Waals surface area contributed by atoms with Gasteiger partial charge in [0, 0.05) is 12.6 Å². The maximum absolute atomic E-state index is 11.7. The zero-order chi connectivity index (χ0) is 14.3. The average Bonchev–Trinajstić information content (AvgIpc) is 2.76. The Morgan fingerprint density at radius 3 is 2.60 bits per heavy atom. The molecule has 0 saturated heterocycles. The molecule has 2 atom stereocenters. The van der Waals surface area contributed by atoms with Crippen LogP contribution in [0.15, 0.2) is 24.3 Å². The van der Waals surface area contributed by atoms with Crippen molar-refractivity contribution in [2.75, 3.05) is 0 Å². The number of carbonyl (C=O) groups is 1. The van der Waals surface area contributed by atoms with E-state index in [0.29, 0.717) is 12.5 Å². The summed E-state index contributed by atoms with van der Waals surface area (Å²) in [7, 11) is 0. The molecule has 2 unspecified atom stereocenters. The van der Waals surface area contributed by atoms with Crippen LogP contribution in [0.3, 0.4) is 0 Å². The second-order valence-corrected chi connectivity index (χ2v) is 6.90. The summed E-state index contributed by atoms with van der Waals surface area (Å²) in [4.78, 5) is 13.9. The maximum atomic E-state index is 11.7. The standard InChI is InChI=1S/C17H23NO2/c1-17(2)9-5-8-15(17)18-11-13-7-4-3-6-12(13)10-14(18)16(19)20/h3-4,6-7,14-15H,5,8-11H2,1-2H3,(H,19,20). The van der Waals surface area contributed by atoms with Crippen molar-refractivity contribution in [1.82, 2.24) is 4.90 Å². The van der Waals surface area contributed by atoms with E-state index in [1.165, 1.54) is 24.0 Å². The Morgan fingerprint density at radius 2 is 2.00 bits per heavy atom. The van der Waals surface area contributed by atoms with Gasteiger partial charge in [-0.2, -0.15) is 0 Å². The van der Waals surface area contributed by atoms with Gasteiger partial charge >= 0.3 is 5.97 Å². The van der Waals surface area contributed by atoms with Gasteiger partial charge < -0.3 is 5.11 Å². The van der Waals surface area contributed by atoms with Crippen molar-refractivity contribution in [3.63, 3.8) is 0 Å². The topological polar surface area (TPSA) is 40.5 Å². The molecule has 1 aliphatic heterocycles. The van der Waals surface area contributed by atoms with Crippen molar-refractivity contribution < 1.29 is 9.90 Å². The van der Waals surface area contributed by atoms with Crippen molar-refractivity contribution in [1.29, 1.82) is 0 Å². The van der Waals surface area contributed by atoms with Gasteiger partial charge in [-0.25, -0.2) is 0 Å². The molecule has 0 bridgehead atoms. The quantitative estimate of drug-likeness (QED) is 0.900. The lowest BCUT2D eigenvalue weighted by Crippen LogP contribution is -2.53. The smallest absolute Gasteiger partial charge is 0.321 e. The van der Waals surface area contributed by atoms with E-state index in [9.17, 15) is 9.90 Å². The summed E-state index contributed by atoms with van der Waals surface area (Å²) >= 11 is 0. The zero-order valence-corrected chi connectivity index (χ0v) is 12.3. The predicted octanol–water partition coefficient (Wildman–Crippen LogP) is 3.08. The van der Waals surface area contributed by atoms with E-state index in [0.717, 1.165) is 13.0 Å². The molecule has 1 aliphatic carbocycles. The molecule has 0 spiro atoms. The first-order valence-electron chi connectivity index (χ1n) is 7.54. The summed E-state index contributed by atoms with van der Waals surface area (Å²) in [5.41, 5.74) is 2.72. The van der Waals surface area contributed by atoms with Crippen LogP contribution in [0.1, 0.15) is 44.2 Å². The SMILES string of the molecule is CC1(C)CCCC1N1Cc2ccccc2CC1C(=O)O. The predicted molar refractivity (Wildman–Crippen MR) is 78.5 cm³/mol. The Labute approximate surface area is 120 Å². The lowest BCUT2D eigenvalue weighted by molar-refractivity contribution is -0.146. The van der Waals surface area contributed by atoms with E-state index in [4.69, 9.17) is 0 Å². The van der Waals surface area contributed by atoms with E-state index in [2.05, 4.69) is 36.9 Å². The first kappa shape index (κ1) is 13.6. The minimum absolute atomic E-state index is 0.222. The Hall–Kier alpha value is -1.35. The summed E-state index contributed by atoms with van der Waals surface area (Å²) in [5.74, 6) is -0.679. The largest absolute Gasteiger partial charge is 0.480 e. The molecule has 3 heteroatoms. The first-order valence-corrected chi connectivity index (χ1v) is 7.54. The second-order valence-electron chi connectivity index (χ2n) is 6.90. The van der Waals surface area contributed by atoms with Gasteiger partial charge in [0.1, 0.15) is 6.04 Å². The van der Waals surface area contributed by atoms with Gasteiger partial charge in [0.15, 0.2) is 0 Å². The number of aliphatic carboxylic acids is 1. The number of benzene rings is 1. The van der Waals surface area contributed by atoms with Crippen LogP contribution in [0, 0.1) is 5.41 Å². The number of rotatable bonds is 2. The molecule has 3 nitrogen and oxygen atoms in total. The highest BCUT2D eigenvalue weighted by molar-refractivity contribution is 5.74. The lowest BCUT2D eigenvalue weighted by atomic mass is 9.83. The highest BCUT2D eigenvalue weighted by atomic mass is 16.4. The first-order chi connectivity index (χ1) is 9.49. The van der Waals surface area contributed by atoms with Crippen molar-refractivity contribution in [2.45, 2.75) is 58.2 Å². The van der Waals surface area contributed by atoms with Crippen LogP contribution in [0.25, 0.3) is 0 Å². The molecule has 3 rings (SSSR count). The Kier molecular flexibility index (Phi) is 3.33. The van der Waals surface area contributed by atoms with Gasteiger partial charge in [-0.1, -0.05) is 44.5 Å². The van der Waals surface area contributed by atoms with E-state index < -0.39 is 5.97 Å². The van der Waals surface area contributed by atoms with Crippen molar-refractivity contribution >= 4 is 5.97 Å². The molecular weight excluding hydrogens is 250 g/mol. The molecule has 1 aromatic carbocycles. The molecule has 1 saturated carbocycles. The lowest BCUT2D eigenvalue weighted by Gasteiger charge is -2.43. The molecule has 20 heavy (non-hydrogen) atoms. The van der Waals surface area contributed by atoms with Gasteiger partial charge in [-0.05, 0) is 35.8 Å². The second kappa shape index (κ2) is 4.88. The minimum Gasteiger partial charge on any atom is -0.480 e. The number of hydrogen-bond acceptors (Lipinski definition) is 2. The van der Waals surface area contributed by atoms with Crippen LogP contribution >= 0.6 is 0 Å². The third kappa shape index (κ3) is 2.24. The summed E-state index contributed by atoms with van der Waals surface area (Å²) in [6.07, 6.45) is 4.17. The van der Waals surface area contributed by atoms with Crippen LogP contribution in [-0.2, 0) is 17.8 Å². The van der Waals surface area contributed by atoms with E-state index >= 15 is 0 Å². The van der Waals surface area contributed by atoms with Gasteiger partial charge in [-0.15, -0.1) is 0 Å². The van der Waals surface area contributed by atoms with Crippen molar-refractivity contribution in [3.8, 4) is 0 Å². The fourth-order valence-electron chi connectivity index (χ4n) is 4.02. The maximum Gasteiger partial charge on any atom is 0.321 e. The molecule has 2 aliphatic rings. The van der Waals surface area contributed by atoms with Gasteiger partial charge in [-0.3, -0.25) is 9.69 Å². The molecule has 0 radical (unpaired) electrons. The zero-order valence-electron chi connectivity index (χ0n) is 12.3. The molecule has 1 heterocycles. The monoisotopic (exact) mass is 273 g/mol. The third-order valence-corrected chi connectivity index (χ3v) is 5.17. The van der Waals surface area contributed by atoms with Crippen molar-refractivity contribution in [3.05, 3.63) is 35.4 Å². The van der Waals surface area contributed by atoms with Gasteiger partial charge in [0.25, 0.3) is 0 Å². The normalized spacial score (nSPS) is 29.1. The van der Waals surface area contributed by atoms with Gasteiger partial charge in [0.05, 0.1) is 0 Å². The highest BCUT2D eigenvalue weighted by Crippen LogP contribution is 2.43. The minimum atomic E-state index is -0.679. The molecular formula is C17H23NO2. The highest BCUT2D eigenvalue weighted by Gasteiger charge is 2.44. The number of hydrogen-bond donors (Lipinski definition) is 1. The Balaban J connectivity index is 1.94. The number of nitrogens with zero attached hydrogens (tertiary/aromatic N) is 1. The van der Waals surface area contributed by atoms with Crippen LogP contribution in [0.5, 0.6) is 0 Å².